The smallest absolute Gasteiger partial charge is 0.227 e. The van der Waals surface area contributed by atoms with Crippen molar-refractivity contribution in [1.82, 2.24) is 15.6 Å². The molecule has 1 aliphatic carbocycles. The Bertz CT molecular complexity index is 860. The van der Waals surface area contributed by atoms with Gasteiger partial charge in [0.2, 0.25) is 11.8 Å². The minimum atomic E-state index is -0.278. The van der Waals surface area contributed by atoms with E-state index >= 15 is 0 Å². The molecule has 1 saturated carbocycles. The number of aryl methyl sites for hydroxylation is 1. The second-order valence-electron chi connectivity index (χ2n) is 7.43. The highest BCUT2D eigenvalue weighted by molar-refractivity contribution is 5.79. The first-order valence-corrected chi connectivity index (χ1v) is 9.87. The minimum absolute atomic E-state index is 0.0289. The fourth-order valence-corrected chi connectivity index (χ4v) is 3.52. The van der Waals surface area contributed by atoms with Crippen LogP contribution in [0.15, 0.2) is 41.0 Å². The van der Waals surface area contributed by atoms with Crippen LogP contribution < -0.4 is 10.6 Å². The number of nitrogens with zero attached hydrogens (tertiary/aromatic N) is 1. The zero-order chi connectivity index (χ0) is 20.6. The minimum Gasteiger partial charge on any atom is -0.446 e. The molecule has 1 aliphatic rings. The second-order valence-corrected chi connectivity index (χ2v) is 7.43. The topological polar surface area (TPSA) is 84.2 Å². The Morgan fingerprint density at radius 1 is 1.24 bits per heavy atom. The van der Waals surface area contributed by atoms with Gasteiger partial charge in [-0.2, -0.15) is 0 Å². The van der Waals surface area contributed by atoms with Crippen LogP contribution in [0.25, 0.3) is 6.08 Å². The average Bonchev–Trinajstić information content (AvgIpc) is 3.30. The average molecular weight is 399 g/mol. The lowest BCUT2D eigenvalue weighted by Crippen LogP contribution is -2.34. The van der Waals surface area contributed by atoms with E-state index in [1.54, 1.807) is 31.3 Å². The zero-order valence-electron chi connectivity index (χ0n) is 16.5. The summed E-state index contributed by atoms with van der Waals surface area (Å²) in [5, 5.41) is 5.98. The number of hydrogen-bond acceptors (Lipinski definition) is 4. The first-order valence-electron chi connectivity index (χ1n) is 9.87. The molecule has 0 radical (unpaired) electrons. The summed E-state index contributed by atoms with van der Waals surface area (Å²) in [6.07, 6.45) is 8.37. The van der Waals surface area contributed by atoms with Gasteiger partial charge in [-0.05, 0) is 42.9 Å². The molecule has 0 aliphatic heterocycles. The van der Waals surface area contributed by atoms with E-state index in [1.807, 2.05) is 6.08 Å². The molecule has 0 saturated heterocycles. The van der Waals surface area contributed by atoms with Crippen molar-refractivity contribution in [2.45, 2.75) is 45.1 Å². The number of carbonyl (C=O) groups is 2. The van der Waals surface area contributed by atoms with Gasteiger partial charge in [0.15, 0.2) is 5.89 Å². The Morgan fingerprint density at radius 3 is 2.76 bits per heavy atom. The summed E-state index contributed by atoms with van der Waals surface area (Å²) in [7, 11) is 0. The van der Waals surface area contributed by atoms with Crippen molar-refractivity contribution in [2.75, 3.05) is 6.54 Å². The number of carbonyl (C=O) groups excluding carboxylic acids is 2. The first kappa shape index (κ1) is 20.8. The van der Waals surface area contributed by atoms with E-state index in [0.29, 0.717) is 24.1 Å². The summed E-state index contributed by atoms with van der Waals surface area (Å²) >= 11 is 0. The van der Waals surface area contributed by atoms with Crippen molar-refractivity contribution in [3.8, 4) is 0 Å². The van der Waals surface area contributed by atoms with Crippen LogP contribution in [-0.2, 0) is 16.0 Å². The molecule has 0 bridgehead atoms. The third-order valence-corrected chi connectivity index (χ3v) is 4.98. The summed E-state index contributed by atoms with van der Waals surface area (Å²) in [5.74, 6) is 1.08. The van der Waals surface area contributed by atoms with Gasteiger partial charge in [-0.15, -0.1) is 0 Å². The van der Waals surface area contributed by atoms with Gasteiger partial charge in [-0.1, -0.05) is 24.3 Å². The van der Waals surface area contributed by atoms with E-state index in [9.17, 15) is 14.0 Å². The molecular formula is C22H26FN3O3. The molecule has 29 heavy (non-hydrogen) atoms. The van der Waals surface area contributed by atoms with Gasteiger partial charge in [0.1, 0.15) is 11.6 Å². The highest BCUT2D eigenvalue weighted by Crippen LogP contribution is 2.25. The number of oxazole rings is 1. The van der Waals surface area contributed by atoms with Crippen LogP contribution >= 0.6 is 0 Å². The van der Waals surface area contributed by atoms with Crippen LogP contribution in [0.4, 0.5) is 4.39 Å². The molecule has 2 aromatic rings. The number of hydrogen-bond donors (Lipinski definition) is 2. The summed E-state index contributed by atoms with van der Waals surface area (Å²) in [4.78, 5) is 28.1. The third kappa shape index (κ3) is 6.85. The van der Waals surface area contributed by atoms with Crippen molar-refractivity contribution in [3.05, 3.63) is 59.6 Å². The Kier molecular flexibility index (Phi) is 7.16. The van der Waals surface area contributed by atoms with Gasteiger partial charge in [0, 0.05) is 25.9 Å². The van der Waals surface area contributed by atoms with E-state index in [1.165, 1.54) is 12.1 Å². The van der Waals surface area contributed by atoms with Crippen LogP contribution in [0.1, 0.15) is 42.9 Å². The van der Waals surface area contributed by atoms with Crippen LogP contribution in [0.3, 0.4) is 0 Å². The molecule has 7 heteroatoms. The SMILES string of the molecule is Cc1ncc(CC(=O)NCC2CCC(NC(=O)C/C=C/c3ccc(F)cc3)C2)o1. The Labute approximate surface area is 169 Å². The molecular weight excluding hydrogens is 373 g/mol. The lowest BCUT2D eigenvalue weighted by molar-refractivity contribution is -0.122. The Balaban J connectivity index is 1.33. The molecule has 1 aromatic heterocycles. The lowest BCUT2D eigenvalue weighted by Gasteiger charge is -2.13. The third-order valence-electron chi connectivity index (χ3n) is 4.98. The fraction of sp³-hybridized carbons (Fsp3) is 0.409. The monoisotopic (exact) mass is 399 g/mol. The standard InChI is InChI=1S/C22H26FN3O3/c1-15-24-14-20(29-15)12-22(28)25-13-17-7-10-19(11-17)26-21(27)4-2-3-16-5-8-18(23)9-6-16/h2-3,5-6,8-9,14,17,19H,4,7,10-13H2,1H3,(H,25,28)(H,26,27)/b3-2+. The summed E-state index contributed by atoms with van der Waals surface area (Å²) in [6.45, 7) is 2.34. The fourth-order valence-electron chi connectivity index (χ4n) is 3.52. The predicted octanol–water partition coefficient (Wildman–Crippen LogP) is 3.17. The van der Waals surface area contributed by atoms with Gasteiger partial charge < -0.3 is 15.1 Å². The predicted molar refractivity (Wildman–Crippen MR) is 107 cm³/mol. The quantitative estimate of drug-likeness (QED) is 0.714. The van der Waals surface area contributed by atoms with E-state index in [4.69, 9.17) is 4.42 Å². The summed E-state index contributed by atoms with van der Waals surface area (Å²) in [6, 6.07) is 6.26. The zero-order valence-corrected chi connectivity index (χ0v) is 16.5. The molecule has 2 unspecified atom stereocenters. The molecule has 154 valence electrons. The number of amides is 2. The molecule has 6 nitrogen and oxygen atoms in total. The largest absolute Gasteiger partial charge is 0.446 e. The molecule has 2 atom stereocenters. The van der Waals surface area contributed by atoms with E-state index in [-0.39, 0.29) is 36.5 Å². The molecule has 1 fully saturated rings. The Morgan fingerprint density at radius 2 is 2.03 bits per heavy atom. The summed E-state index contributed by atoms with van der Waals surface area (Å²) < 4.78 is 18.2. The molecule has 1 heterocycles. The highest BCUT2D eigenvalue weighted by Gasteiger charge is 2.26. The maximum atomic E-state index is 12.9. The van der Waals surface area contributed by atoms with Gasteiger partial charge in [0.25, 0.3) is 0 Å². The van der Waals surface area contributed by atoms with Crippen LogP contribution in [-0.4, -0.2) is 29.4 Å². The lowest BCUT2D eigenvalue weighted by atomic mass is 10.1. The van der Waals surface area contributed by atoms with Crippen LogP contribution in [0, 0.1) is 18.7 Å². The van der Waals surface area contributed by atoms with Crippen molar-refractivity contribution in [2.24, 2.45) is 5.92 Å². The van der Waals surface area contributed by atoms with Crippen molar-refractivity contribution in [3.63, 3.8) is 0 Å². The van der Waals surface area contributed by atoms with E-state index < -0.39 is 0 Å². The second kappa shape index (κ2) is 10.0. The Hall–Kier alpha value is -2.96. The maximum absolute atomic E-state index is 12.9. The van der Waals surface area contributed by atoms with E-state index in [0.717, 1.165) is 24.8 Å². The van der Waals surface area contributed by atoms with Gasteiger partial charge >= 0.3 is 0 Å². The van der Waals surface area contributed by atoms with Gasteiger partial charge in [0.05, 0.1) is 12.6 Å². The van der Waals surface area contributed by atoms with Crippen LogP contribution in [0.5, 0.6) is 0 Å². The number of benzene rings is 1. The number of nitrogens with one attached hydrogen (secondary N) is 2. The van der Waals surface area contributed by atoms with E-state index in [2.05, 4.69) is 15.6 Å². The van der Waals surface area contributed by atoms with Crippen molar-refractivity contribution >= 4 is 17.9 Å². The normalized spacial score (nSPS) is 18.8. The molecule has 3 rings (SSSR count). The summed E-state index contributed by atoms with van der Waals surface area (Å²) in [5.41, 5.74) is 0.858. The van der Waals surface area contributed by atoms with Crippen molar-refractivity contribution in [1.29, 1.82) is 0 Å². The van der Waals surface area contributed by atoms with Crippen molar-refractivity contribution < 1.29 is 18.4 Å². The molecule has 2 amide bonds. The maximum Gasteiger partial charge on any atom is 0.227 e. The van der Waals surface area contributed by atoms with Crippen LogP contribution in [0.2, 0.25) is 0 Å². The van der Waals surface area contributed by atoms with Gasteiger partial charge in [-0.25, -0.2) is 9.37 Å². The number of aromatic nitrogens is 1. The molecule has 1 aromatic carbocycles. The number of rotatable bonds is 8. The highest BCUT2D eigenvalue weighted by atomic mass is 19.1. The molecule has 2 N–H and O–H groups in total. The first-order chi connectivity index (χ1) is 14.0. The molecule has 0 spiro atoms. The number of halogens is 1. The van der Waals surface area contributed by atoms with Gasteiger partial charge in [-0.3, -0.25) is 9.59 Å².